The molecule has 9 heteroatoms. The average Bonchev–Trinajstić information content (AvgIpc) is 2.85. The van der Waals surface area contributed by atoms with Gasteiger partial charge in [0.25, 0.3) is 0 Å². The number of methoxy groups -OCH3 is 2. The first-order chi connectivity index (χ1) is 15.7. The van der Waals surface area contributed by atoms with Crippen molar-refractivity contribution in [2.24, 2.45) is 4.99 Å². The molecule has 33 heavy (non-hydrogen) atoms. The maximum atomic E-state index is 5.63. The molecule has 0 amide bonds. The molecule has 176 valence electrons. The van der Waals surface area contributed by atoms with Gasteiger partial charge in [0.1, 0.15) is 19.0 Å². The zero-order chi connectivity index (χ0) is 22.6. The third-order valence-electron chi connectivity index (χ3n) is 4.47. The summed E-state index contributed by atoms with van der Waals surface area (Å²) in [7, 11) is 4.92. The Bertz CT molecular complexity index is 1000. The number of nitrogens with zero attached hydrogens (tertiary/aromatic N) is 2. The Morgan fingerprint density at radius 1 is 0.909 bits per heavy atom. The Hall–Kier alpha value is -3.21. The summed E-state index contributed by atoms with van der Waals surface area (Å²) in [6.45, 7) is 1.42. The smallest absolute Gasteiger partial charge is 0.213 e. The summed E-state index contributed by atoms with van der Waals surface area (Å²) in [6, 6.07) is 19.0. The van der Waals surface area contributed by atoms with Gasteiger partial charge in [-0.2, -0.15) is 0 Å². The zero-order valence-corrected chi connectivity index (χ0v) is 21.2. The molecule has 0 saturated heterocycles. The number of nitrogens with one attached hydrogen (secondary N) is 2. The van der Waals surface area contributed by atoms with Gasteiger partial charge in [0.15, 0.2) is 17.5 Å². The van der Waals surface area contributed by atoms with Gasteiger partial charge in [-0.3, -0.25) is 4.99 Å². The van der Waals surface area contributed by atoms with E-state index in [0.717, 1.165) is 17.0 Å². The van der Waals surface area contributed by atoms with E-state index in [1.807, 2.05) is 60.7 Å². The SMILES string of the molecule is CN=C(NCc1ccc(OCCOc2ccccc2)nc1)Nc1ccc(OC)c(OC)c1.I. The molecule has 0 aliphatic heterocycles. The molecule has 8 nitrogen and oxygen atoms in total. The molecule has 3 rings (SSSR count). The number of benzene rings is 2. The third kappa shape index (κ3) is 8.33. The number of guanidine groups is 1. The first kappa shape index (κ1) is 26.0. The van der Waals surface area contributed by atoms with Crippen LogP contribution in [0.2, 0.25) is 0 Å². The quantitative estimate of drug-likeness (QED) is 0.164. The van der Waals surface area contributed by atoms with Gasteiger partial charge in [-0.25, -0.2) is 4.98 Å². The van der Waals surface area contributed by atoms with E-state index in [9.17, 15) is 0 Å². The van der Waals surface area contributed by atoms with Crippen molar-refractivity contribution in [3.05, 3.63) is 72.4 Å². The van der Waals surface area contributed by atoms with Gasteiger partial charge in [0.2, 0.25) is 5.88 Å². The Kier molecular flexibility index (Phi) is 11.1. The number of ether oxygens (including phenoxy) is 4. The fraction of sp³-hybridized carbons (Fsp3) is 0.250. The summed E-state index contributed by atoms with van der Waals surface area (Å²) < 4.78 is 21.8. The van der Waals surface area contributed by atoms with Crippen molar-refractivity contribution in [3.63, 3.8) is 0 Å². The monoisotopic (exact) mass is 564 g/mol. The Balaban J connectivity index is 0.00000385. The number of halogens is 1. The minimum absolute atomic E-state index is 0. The van der Waals surface area contributed by atoms with E-state index in [1.165, 1.54) is 0 Å². The van der Waals surface area contributed by atoms with Gasteiger partial charge in [-0.1, -0.05) is 24.3 Å². The molecule has 0 bridgehead atoms. The van der Waals surface area contributed by atoms with Crippen LogP contribution < -0.4 is 29.6 Å². The van der Waals surface area contributed by atoms with Crippen molar-refractivity contribution in [3.8, 4) is 23.1 Å². The van der Waals surface area contributed by atoms with Crippen molar-refractivity contribution < 1.29 is 18.9 Å². The highest BCUT2D eigenvalue weighted by Gasteiger charge is 2.06. The summed E-state index contributed by atoms with van der Waals surface area (Å²) in [6.07, 6.45) is 1.77. The summed E-state index contributed by atoms with van der Waals surface area (Å²) in [5, 5.41) is 6.48. The number of rotatable bonds is 10. The average molecular weight is 564 g/mol. The molecular weight excluding hydrogens is 535 g/mol. The molecule has 0 aliphatic rings. The largest absolute Gasteiger partial charge is 0.493 e. The number of pyridine rings is 1. The maximum Gasteiger partial charge on any atom is 0.213 e. The molecule has 2 aromatic carbocycles. The van der Waals surface area contributed by atoms with Crippen molar-refractivity contribution in [2.45, 2.75) is 6.54 Å². The first-order valence-electron chi connectivity index (χ1n) is 10.2. The van der Waals surface area contributed by atoms with E-state index in [1.54, 1.807) is 27.5 Å². The van der Waals surface area contributed by atoms with Crippen LogP contribution in [0.1, 0.15) is 5.56 Å². The molecule has 0 atom stereocenters. The maximum absolute atomic E-state index is 5.63. The fourth-order valence-corrected chi connectivity index (χ4v) is 2.84. The molecule has 0 spiro atoms. The molecule has 0 radical (unpaired) electrons. The molecule has 2 N–H and O–H groups in total. The lowest BCUT2D eigenvalue weighted by Crippen LogP contribution is -2.30. The minimum Gasteiger partial charge on any atom is -0.493 e. The van der Waals surface area contributed by atoms with Crippen LogP contribution in [0, 0.1) is 0 Å². The summed E-state index contributed by atoms with van der Waals surface area (Å²) in [5.74, 6) is 3.30. The van der Waals surface area contributed by atoms with Crippen LogP contribution >= 0.6 is 24.0 Å². The second kappa shape index (κ2) is 14.0. The number of hydrogen-bond acceptors (Lipinski definition) is 6. The Labute approximate surface area is 211 Å². The Morgan fingerprint density at radius 3 is 2.33 bits per heavy atom. The standard InChI is InChI=1S/C24H28N4O4.HI/c1-25-24(28-19-10-11-21(29-2)22(15-19)30-3)27-17-18-9-12-23(26-16-18)32-14-13-31-20-7-5-4-6-8-20;/h4-12,15-16H,13-14,17H2,1-3H3,(H2,25,27,28);1H. The third-order valence-corrected chi connectivity index (χ3v) is 4.47. The number of hydrogen-bond donors (Lipinski definition) is 2. The van der Waals surface area contributed by atoms with Crippen LogP contribution in [0.25, 0.3) is 0 Å². The minimum atomic E-state index is 0. The second-order valence-corrected chi connectivity index (χ2v) is 6.64. The number of para-hydroxylation sites is 1. The van der Waals surface area contributed by atoms with Crippen LogP contribution in [0.4, 0.5) is 5.69 Å². The van der Waals surface area contributed by atoms with Crippen LogP contribution in [0.5, 0.6) is 23.1 Å². The highest BCUT2D eigenvalue weighted by molar-refractivity contribution is 14.0. The lowest BCUT2D eigenvalue weighted by molar-refractivity contribution is 0.212. The molecule has 0 aliphatic carbocycles. The van der Waals surface area contributed by atoms with Crippen LogP contribution in [0.3, 0.4) is 0 Å². The summed E-state index contributed by atoms with van der Waals surface area (Å²) >= 11 is 0. The van der Waals surface area contributed by atoms with Gasteiger partial charge in [0, 0.05) is 37.6 Å². The van der Waals surface area contributed by atoms with Crippen molar-refractivity contribution in [2.75, 3.05) is 39.8 Å². The van der Waals surface area contributed by atoms with Gasteiger partial charge >= 0.3 is 0 Å². The lowest BCUT2D eigenvalue weighted by Gasteiger charge is -2.14. The molecule has 0 fully saturated rings. The highest BCUT2D eigenvalue weighted by Crippen LogP contribution is 2.29. The molecule has 1 heterocycles. The molecule has 0 unspecified atom stereocenters. The summed E-state index contributed by atoms with van der Waals surface area (Å²) in [4.78, 5) is 8.60. The lowest BCUT2D eigenvalue weighted by atomic mass is 10.2. The van der Waals surface area contributed by atoms with Gasteiger partial charge in [-0.05, 0) is 29.8 Å². The van der Waals surface area contributed by atoms with Crippen molar-refractivity contribution in [1.82, 2.24) is 10.3 Å². The first-order valence-corrected chi connectivity index (χ1v) is 10.2. The number of aromatic nitrogens is 1. The van der Waals surface area contributed by atoms with Crippen LogP contribution in [-0.2, 0) is 6.54 Å². The Morgan fingerprint density at radius 2 is 1.67 bits per heavy atom. The molecule has 0 saturated carbocycles. The molecular formula is C24H29IN4O4. The van der Waals surface area contributed by atoms with E-state index in [2.05, 4.69) is 20.6 Å². The van der Waals surface area contributed by atoms with E-state index in [0.29, 0.717) is 43.1 Å². The van der Waals surface area contributed by atoms with Crippen LogP contribution in [0.15, 0.2) is 71.9 Å². The number of aliphatic imine (C=N–C) groups is 1. The predicted molar refractivity (Wildman–Crippen MR) is 140 cm³/mol. The van der Waals surface area contributed by atoms with Gasteiger partial charge in [0.05, 0.1) is 14.2 Å². The second-order valence-electron chi connectivity index (χ2n) is 6.64. The summed E-state index contributed by atoms with van der Waals surface area (Å²) in [5.41, 5.74) is 1.82. The molecule has 3 aromatic rings. The van der Waals surface area contributed by atoms with Crippen LogP contribution in [-0.4, -0.2) is 45.4 Å². The van der Waals surface area contributed by atoms with Gasteiger partial charge < -0.3 is 29.6 Å². The van der Waals surface area contributed by atoms with E-state index in [-0.39, 0.29) is 24.0 Å². The molecule has 1 aromatic heterocycles. The fourth-order valence-electron chi connectivity index (χ4n) is 2.84. The van der Waals surface area contributed by atoms with E-state index >= 15 is 0 Å². The normalized spacial score (nSPS) is 10.6. The topological polar surface area (TPSA) is 86.2 Å². The van der Waals surface area contributed by atoms with Crippen molar-refractivity contribution >= 4 is 35.6 Å². The zero-order valence-electron chi connectivity index (χ0n) is 18.9. The number of anilines is 1. The predicted octanol–water partition coefficient (Wildman–Crippen LogP) is 4.36. The van der Waals surface area contributed by atoms with E-state index < -0.39 is 0 Å². The van der Waals surface area contributed by atoms with E-state index in [4.69, 9.17) is 18.9 Å². The van der Waals surface area contributed by atoms with Crippen molar-refractivity contribution in [1.29, 1.82) is 0 Å². The highest BCUT2D eigenvalue weighted by atomic mass is 127. The van der Waals surface area contributed by atoms with Gasteiger partial charge in [-0.15, -0.1) is 24.0 Å².